The number of aromatic nitrogens is 3. The SMILES string of the molecule is Cn1cc(NC(=O)c2ccc(F)cn2)c(C2CCCCC2)n1. The second kappa shape index (κ2) is 6.25. The molecule has 2 heterocycles. The van der Waals surface area contributed by atoms with Crippen molar-refractivity contribution in [2.75, 3.05) is 5.32 Å². The number of halogens is 1. The van der Waals surface area contributed by atoms with Crippen LogP contribution in [-0.4, -0.2) is 20.7 Å². The maximum absolute atomic E-state index is 12.9. The van der Waals surface area contributed by atoms with Crippen LogP contribution in [0.4, 0.5) is 10.1 Å². The zero-order chi connectivity index (χ0) is 15.5. The maximum atomic E-state index is 12.9. The Bertz CT molecular complexity index is 659. The van der Waals surface area contributed by atoms with E-state index >= 15 is 0 Å². The molecule has 22 heavy (non-hydrogen) atoms. The van der Waals surface area contributed by atoms with Crippen LogP contribution in [0, 0.1) is 5.82 Å². The van der Waals surface area contributed by atoms with Crippen molar-refractivity contribution in [1.29, 1.82) is 0 Å². The van der Waals surface area contributed by atoms with Crippen LogP contribution in [0.25, 0.3) is 0 Å². The van der Waals surface area contributed by atoms with E-state index in [1.54, 1.807) is 4.68 Å². The third-order valence-electron chi connectivity index (χ3n) is 4.06. The lowest BCUT2D eigenvalue weighted by Crippen LogP contribution is -2.16. The lowest BCUT2D eigenvalue weighted by atomic mass is 9.86. The Morgan fingerprint density at radius 2 is 2.09 bits per heavy atom. The highest BCUT2D eigenvalue weighted by atomic mass is 19.1. The second-order valence-corrected chi connectivity index (χ2v) is 5.75. The molecule has 0 radical (unpaired) electrons. The molecule has 1 N–H and O–H groups in total. The number of hydrogen-bond donors (Lipinski definition) is 1. The molecule has 0 atom stereocenters. The van der Waals surface area contributed by atoms with Gasteiger partial charge in [0.2, 0.25) is 0 Å². The summed E-state index contributed by atoms with van der Waals surface area (Å²) in [5, 5.41) is 7.37. The topological polar surface area (TPSA) is 59.8 Å². The molecule has 116 valence electrons. The van der Waals surface area contributed by atoms with Crippen molar-refractivity contribution in [3.05, 3.63) is 41.7 Å². The lowest BCUT2D eigenvalue weighted by molar-refractivity contribution is 0.102. The average Bonchev–Trinajstić information content (AvgIpc) is 2.89. The first-order chi connectivity index (χ1) is 10.6. The Kier molecular flexibility index (Phi) is 4.18. The van der Waals surface area contributed by atoms with Gasteiger partial charge in [0, 0.05) is 19.2 Å². The van der Waals surface area contributed by atoms with E-state index in [0.717, 1.165) is 30.4 Å². The fraction of sp³-hybridized carbons (Fsp3) is 0.438. The highest BCUT2D eigenvalue weighted by Gasteiger charge is 2.23. The third kappa shape index (κ3) is 3.16. The van der Waals surface area contributed by atoms with E-state index in [-0.39, 0.29) is 11.6 Å². The Morgan fingerprint density at radius 3 is 2.77 bits per heavy atom. The molecule has 0 bridgehead atoms. The molecule has 0 saturated heterocycles. The van der Waals surface area contributed by atoms with Gasteiger partial charge in [-0.2, -0.15) is 5.10 Å². The van der Waals surface area contributed by atoms with E-state index < -0.39 is 5.82 Å². The van der Waals surface area contributed by atoms with Gasteiger partial charge in [-0.25, -0.2) is 9.37 Å². The van der Waals surface area contributed by atoms with Crippen molar-refractivity contribution in [3.63, 3.8) is 0 Å². The van der Waals surface area contributed by atoms with Gasteiger partial charge in [0.1, 0.15) is 11.5 Å². The minimum Gasteiger partial charge on any atom is -0.318 e. The number of aryl methyl sites for hydroxylation is 1. The Morgan fingerprint density at radius 1 is 1.32 bits per heavy atom. The Balaban J connectivity index is 1.79. The molecule has 0 aromatic carbocycles. The van der Waals surface area contributed by atoms with Gasteiger partial charge >= 0.3 is 0 Å². The molecule has 1 amide bonds. The molecule has 2 aromatic rings. The van der Waals surface area contributed by atoms with Crippen LogP contribution in [0.15, 0.2) is 24.5 Å². The molecule has 3 rings (SSSR count). The number of hydrogen-bond acceptors (Lipinski definition) is 3. The number of anilines is 1. The molecule has 0 unspecified atom stereocenters. The molecule has 2 aromatic heterocycles. The Labute approximate surface area is 128 Å². The molecule has 1 saturated carbocycles. The van der Waals surface area contributed by atoms with Gasteiger partial charge in [-0.3, -0.25) is 9.48 Å². The quantitative estimate of drug-likeness (QED) is 0.946. The average molecular weight is 302 g/mol. The monoisotopic (exact) mass is 302 g/mol. The lowest BCUT2D eigenvalue weighted by Gasteiger charge is -2.20. The number of nitrogens with zero attached hydrogens (tertiary/aromatic N) is 3. The zero-order valence-electron chi connectivity index (χ0n) is 12.6. The van der Waals surface area contributed by atoms with Crippen molar-refractivity contribution in [2.45, 2.75) is 38.0 Å². The largest absolute Gasteiger partial charge is 0.318 e. The number of carbonyl (C=O) groups is 1. The van der Waals surface area contributed by atoms with Gasteiger partial charge in [-0.05, 0) is 25.0 Å². The summed E-state index contributed by atoms with van der Waals surface area (Å²) in [7, 11) is 1.85. The molecule has 1 aliphatic rings. The van der Waals surface area contributed by atoms with Crippen molar-refractivity contribution in [1.82, 2.24) is 14.8 Å². The van der Waals surface area contributed by atoms with Crippen molar-refractivity contribution in [2.24, 2.45) is 7.05 Å². The molecular formula is C16H19FN4O. The van der Waals surface area contributed by atoms with E-state index in [9.17, 15) is 9.18 Å². The summed E-state index contributed by atoms with van der Waals surface area (Å²) in [6.45, 7) is 0. The van der Waals surface area contributed by atoms with Crippen LogP contribution >= 0.6 is 0 Å². The molecule has 1 aliphatic carbocycles. The summed E-state index contributed by atoms with van der Waals surface area (Å²) in [4.78, 5) is 16.0. The number of rotatable bonds is 3. The fourth-order valence-electron chi connectivity index (χ4n) is 2.98. The summed E-state index contributed by atoms with van der Waals surface area (Å²) in [5.41, 5.74) is 1.86. The summed E-state index contributed by atoms with van der Waals surface area (Å²) >= 11 is 0. The first kappa shape index (κ1) is 14.7. The van der Waals surface area contributed by atoms with Gasteiger partial charge in [0.25, 0.3) is 5.91 Å². The van der Waals surface area contributed by atoms with Crippen LogP contribution in [-0.2, 0) is 7.05 Å². The van der Waals surface area contributed by atoms with Crippen LogP contribution in [0.1, 0.15) is 54.2 Å². The van der Waals surface area contributed by atoms with E-state index in [1.165, 1.54) is 31.4 Å². The molecule has 0 aliphatic heterocycles. The highest BCUT2D eigenvalue weighted by Crippen LogP contribution is 2.35. The summed E-state index contributed by atoms with van der Waals surface area (Å²) in [6, 6.07) is 2.61. The summed E-state index contributed by atoms with van der Waals surface area (Å²) < 4.78 is 14.6. The van der Waals surface area contributed by atoms with Crippen LogP contribution in [0.2, 0.25) is 0 Å². The van der Waals surface area contributed by atoms with Crippen molar-refractivity contribution >= 4 is 11.6 Å². The molecule has 1 fully saturated rings. The van der Waals surface area contributed by atoms with Gasteiger partial charge in [-0.15, -0.1) is 0 Å². The number of nitrogens with one attached hydrogen (secondary N) is 1. The summed E-state index contributed by atoms with van der Waals surface area (Å²) in [5.74, 6) is -0.405. The minimum absolute atomic E-state index is 0.194. The zero-order valence-corrected chi connectivity index (χ0v) is 12.6. The number of pyridine rings is 1. The van der Waals surface area contributed by atoms with E-state index in [0.29, 0.717) is 5.92 Å². The maximum Gasteiger partial charge on any atom is 0.274 e. The first-order valence-electron chi connectivity index (χ1n) is 7.60. The Hall–Kier alpha value is -2.24. The molecular weight excluding hydrogens is 283 g/mol. The standard InChI is InChI=1S/C16H19FN4O/c1-21-10-14(15(20-21)11-5-3-2-4-6-11)19-16(22)13-8-7-12(17)9-18-13/h7-11H,2-6H2,1H3,(H,19,22). The van der Waals surface area contributed by atoms with Gasteiger partial charge in [0.15, 0.2) is 0 Å². The molecule has 5 nitrogen and oxygen atoms in total. The predicted molar refractivity (Wildman–Crippen MR) is 81.2 cm³/mol. The van der Waals surface area contributed by atoms with Crippen molar-refractivity contribution in [3.8, 4) is 0 Å². The van der Waals surface area contributed by atoms with E-state index in [2.05, 4.69) is 15.4 Å². The highest BCUT2D eigenvalue weighted by molar-refractivity contribution is 6.03. The van der Waals surface area contributed by atoms with Crippen molar-refractivity contribution < 1.29 is 9.18 Å². The van der Waals surface area contributed by atoms with E-state index in [4.69, 9.17) is 0 Å². The smallest absolute Gasteiger partial charge is 0.274 e. The predicted octanol–water partition coefficient (Wildman–Crippen LogP) is 3.25. The van der Waals surface area contributed by atoms with Gasteiger partial charge in [0.05, 0.1) is 17.6 Å². The van der Waals surface area contributed by atoms with Crippen LogP contribution in [0.5, 0.6) is 0 Å². The normalized spacial score (nSPS) is 15.7. The van der Waals surface area contributed by atoms with E-state index in [1.807, 2.05) is 13.2 Å². The number of amides is 1. The fourth-order valence-corrected chi connectivity index (χ4v) is 2.98. The summed E-state index contributed by atoms with van der Waals surface area (Å²) in [6.07, 6.45) is 8.74. The molecule has 6 heteroatoms. The second-order valence-electron chi connectivity index (χ2n) is 5.75. The van der Waals surface area contributed by atoms with Gasteiger partial charge in [-0.1, -0.05) is 19.3 Å². The minimum atomic E-state index is -0.458. The third-order valence-corrected chi connectivity index (χ3v) is 4.06. The van der Waals surface area contributed by atoms with Crippen LogP contribution < -0.4 is 5.32 Å². The molecule has 0 spiro atoms. The van der Waals surface area contributed by atoms with Gasteiger partial charge < -0.3 is 5.32 Å². The van der Waals surface area contributed by atoms with Crippen LogP contribution in [0.3, 0.4) is 0 Å². The number of carbonyl (C=O) groups excluding carboxylic acids is 1. The first-order valence-corrected chi connectivity index (χ1v) is 7.60.